The molecule has 2 aromatic rings. The Morgan fingerprint density at radius 3 is 2.53 bits per heavy atom. The fourth-order valence-electron chi connectivity index (χ4n) is 2.10. The first-order valence-electron chi connectivity index (χ1n) is 6.12. The highest BCUT2D eigenvalue weighted by Crippen LogP contribution is 2.26. The van der Waals surface area contributed by atoms with Gasteiger partial charge in [0.2, 0.25) is 0 Å². The first-order valence-corrected chi connectivity index (χ1v) is 6.12. The second-order valence-corrected chi connectivity index (χ2v) is 4.44. The van der Waals surface area contributed by atoms with Gasteiger partial charge in [0.05, 0.1) is 17.2 Å². The number of nitro groups is 1. The fraction of sp³-hybridized carbons (Fsp3) is 0.286. The molecule has 1 heterocycles. The average molecular weight is 260 g/mol. The van der Waals surface area contributed by atoms with E-state index in [2.05, 4.69) is 5.32 Å². The van der Waals surface area contributed by atoms with Crippen LogP contribution in [0.4, 0.5) is 5.69 Å². The van der Waals surface area contributed by atoms with Gasteiger partial charge in [-0.3, -0.25) is 10.1 Å². The average Bonchev–Trinajstić information content (AvgIpc) is 2.92. The molecule has 100 valence electrons. The Labute approximate surface area is 111 Å². The SMILES string of the molecule is CC(N[C@@H](C)c1ccco1)c1ccccc1[N+](=O)[O-]. The van der Waals surface area contributed by atoms with Crippen molar-refractivity contribution in [3.63, 3.8) is 0 Å². The number of hydrogen-bond acceptors (Lipinski definition) is 4. The molecule has 2 atom stereocenters. The van der Waals surface area contributed by atoms with E-state index in [1.807, 2.05) is 26.0 Å². The maximum Gasteiger partial charge on any atom is 0.274 e. The Hall–Kier alpha value is -2.14. The number of para-hydroxylation sites is 1. The summed E-state index contributed by atoms with van der Waals surface area (Å²) in [6, 6.07) is 10.3. The van der Waals surface area contributed by atoms with E-state index in [1.165, 1.54) is 6.07 Å². The summed E-state index contributed by atoms with van der Waals surface area (Å²) in [4.78, 5) is 10.6. The Morgan fingerprint density at radius 1 is 1.16 bits per heavy atom. The first-order chi connectivity index (χ1) is 9.09. The molecule has 1 aromatic carbocycles. The normalized spacial score (nSPS) is 14.0. The molecule has 19 heavy (non-hydrogen) atoms. The summed E-state index contributed by atoms with van der Waals surface area (Å²) in [7, 11) is 0. The number of nitrogens with zero attached hydrogens (tertiary/aromatic N) is 1. The first kappa shape index (κ1) is 13.3. The van der Waals surface area contributed by atoms with E-state index in [1.54, 1.807) is 24.5 Å². The number of rotatable bonds is 5. The van der Waals surface area contributed by atoms with Crippen LogP contribution in [0.25, 0.3) is 0 Å². The second kappa shape index (κ2) is 5.67. The molecule has 0 bridgehead atoms. The van der Waals surface area contributed by atoms with Gasteiger partial charge < -0.3 is 9.73 Å². The van der Waals surface area contributed by atoms with Crippen molar-refractivity contribution in [1.82, 2.24) is 5.32 Å². The molecule has 1 N–H and O–H groups in total. The minimum atomic E-state index is -0.356. The molecule has 2 rings (SSSR count). The Balaban J connectivity index is 2.16. The fourth-order valence-corrected chi connectivity index (χ4v) is 2.10. The molecule has 0 aliphatic carbocycles. The highest BCUT2D eigenvalue weighted by molar-refractivity contribution is 5.41. The Bertz CT molecular complexity index is 552. The van der Waals surface area contributed by atoms with Crippen LogP contribution in [-0.2, 0) is 0 Å². The summed E-state index contributed by atoms with van der Waals surface area (Å²) in [6.07, 6.45) is 1.61. The van der Waals surface area contributed by atoms with Crippen molar-refractivity contribution < 1.29 is 9.34 Å². The van der Waals surface area contributed by atoms with E-state index >= 15 is 0 Å². The lowest BCUT2D eigenvalue weighted by atomic mass is 10.1. The Kier molecular flexibility index (Phi) is 3.97. The lowest BCUT2D eigenvalue weighted by molar-refractivity contribution is -0.385. The molecule has 1 unspecified atom stereocenters. The summed E-state index contributed by atoms with van der Waals surface area (Å²) in [5.74, 6) is 0.811. The van der Waals surface area contributed by atoms with E-state index in [4.69, 9.17) is 4.42 Å². The van der Waals surface area contributed by atoms with Crippen molar-refractivity contribution in [2.24, 2.45) is 0 Å². The van der Waals surface area contributed by atoms with E-state index in [9.17, 15) is 10.1 Å². The van der Waals surface area contributed by atoms with Crippen molar-refractivity contribution in [3.05, 3.63) is 64.1 Å². The van der Waals surface area contributed by atoms with Gasteiger partial charge in [0.15, 0.2) is 0 Å². The zero-order chi connectivity index (χ0) is 13.8. The van der Waals surface area contributed by atoms with E-state index < -0.39 is 0 Å². The molecule has 0 amide bonds. The van der Waals surface area contributed by atoms with Gasteiger partial charge in [0.1, 0.15) is 5.76 Å². The smallest absolute Gasteiger partial charge is 0.274 e. The van der Waals surface area contributed by atoms with Gasteiger partial charge in [-0.2, -0.15) is 0 Å². The topological polar surface area (TPSA) is 68.3 Å². The van der Waals surface area contributed by atoms with Gasteiger partial charge in [-0.15, -0.1) is 0 Å². The molecule has 0 fully saturated rings. The third kappa shape index (κ3) is 3.00. The van der Waals surface area contributed by atoms with Crippen LogP contribution in [0.3, 0.4) is 0 Å². The van der Waals surface area contributed by atoms with Crippen LogP contribution >= 0.6 is 0 Å². The van der Waals surface area contributed by atoms with Gasteiger partial charge in [0, 0.05) is 17.7 Å². The summed E-state index contributed by atoms with van der Waals surface area (Å²) < 4.78 is 5.31. The van der Waals surface area contributed by atoms with Gasteiger partial charge in [-0.25, -0.2) is 0 Å². The van der Waals surface area contributed by atoms with Gasteiger partial charge in [-0.05, 0) is 26.0 Å². The van der Waals surface area contributed by atoms with E-state index in [0.29, 0.717) is 5.56 Å². The maximum atomic E-state index is 11.0. The molecule has 0 spiro atoms. The van der Waals surface area contributed by atoms with Crippen LogP contribution in [0.5, 0.6) is 0 Å². The predicted molar refractivity (Wildman–Crippen MR) is 71.8 cm³/mol. The van der Waals surface area contributed by atoms with Crippen LogP contribution in [0, 0.1) is 10.1 Å². The van der Waals surface area contributed by atoms with Crippen LogP contribution in [0.15, 0.2) is 47.1 Å². The summed E-state index contributed by atoms with van der Waals surface area (Å²) in [5.41, 5.74) is 0.806. The van der Waals surface area contributed by atoms with Crippen molar-refractivity contribution in [3.8, 4) is 0 Å². The number of furan rings is 1. The molecule has 5 heteroatoms. The van der Waals surface area contributed by atoms with Crippen LogP contribution < -0.4 is 5.32 Å². The van der Waals surface area contributed by atoms with E-state index in [-0.39, 0.29) is 22.7 Å². The summed E-state index contributed by atoms with van der Waals surface area (Å²) in [5, 5.41) is 14.3. The Morgan fingerprint density at radius 2 is 1.89 bits per heavy atom. The number of hydrogen-bond donors (Lipinski definition) is 1. The molecule has 0 saturated carbocycles. The summed E-state index contributed by atoms with van der Waals surface area (Å²) in [6.45, 7) is 3.87. The highest BCUT2D eigenvalue weighted by Gasteiger charge is 2.20. The van der Waals surface area contributed by atoms with Gasteiger partial charge >= 0.3 is 0 Å². The standard InChI is InChI=1S/C14H16N2O3/c1-10(15-11(2)14-8-5-9-19-14)12-6-3-4-7-13(12)16(17)18/h3-11,15H,1-2H3/t10?,11-/m0/s1. The highest BCUT2D eigenvalue weighted by atomic mass is 16.6. The number of benzene rings is 1. The molecule has 5 nitrogen and oxygen atoms in total. The maximum absolute atomic E-state index is 11.0. The lowest BCUT2D eigenvalue weighted by Crippen LogP contribution is -2.22. The van der Waals surface area contributed by atoms with Crippen molar-refractivity contribution in [1.29, 1.82) is 0 Å². The third-order valence-corrected chi connectivity index (χ3v) is 3.07. The quantitative estimate of drug-likeness (QED) is 0.658. The van der Waals surface area contributed by atoms with Crippen LogP contribution in [0.1, 0.15) is 37.3 Å². The van der Waals surface area contributed by atoms with Crippen LogP contribution in [-0.4, -0.2) is 4.92 Å². The minimum Gasteiger partial charge on any atom is -0.468 e. The van der Waals surface area contributed by atoms with Crippen LogP contribution in [0.2, 0.25) is 0 Å². The summed E-state index contributed by atoms with van der Waals surface area (Å²) >= 11 is 0. The minimum absolute atomic E-state index is 0.00943. The third-order valence-electron chi connectivity index (χ3n) is 3.07. The molecule has 0 aliphatic heterocycles. The number of nitro benzene ring substituents is 1. The van der Waals surface area contributed by atoms with Crippen molar-refractivity contribution in [2.75, 3.05) is 0 Å². The predicted octanol–water partition coefficient (Wildman–Crippen LogP) is 3.60. The zero-order valence-corrected chi connectivity index (χ0v) is 10.9. The monoisotopic (exact) mass is 260 g/mol. The van der Waals surface area contributed by atoms with Gasteiger partial charge in [-0.1, -0.05) is 18.2 Å². The van der Waals surface area contributed by atoms with Crippen molar-refractivity contribution in [2.45, 2.75) is 25.9 Å². The largest absolute Gasteiger partial charge is 0.468 e. The van der Waals surface area contributed by atoms with E-state index in [0.717, 1.165) is 5.76 Å². The molecule has 0 radical (unpaired) electrons. The van der Waals surface area contributed by atoms with Crippen molar-refractivity contribution >= 4 is 5.69 Å². The lowest BCUT2D eigenvalue weighted by Gasteiger charge is -2.18. The molecule has 1 aromatic heterocycles. The molecule has 0 aliphatic rings. The molecular formula is C14H16N2O3. The second-order valence-electron chi connectivity index (χ2n) is 4.44. The zero-order valence-electron chi connectivity index (χ0n) is 10.9. The van der Waals surface area contributed by atoms with Gasteiger partial charge in [0.25, 0.3) is 5.69 Å². The molecule has 0 saturated heterocycles. The molecular weight excluding hydrogens is 244 g/mol. The number of nitrogens with one attached hydrogen (secondary N) is 1.